The van der Waals surface area contributed by atoms with Gasteiger partial charge in [-0.1, -0.05) is 12.1 Å². The lowest BCUT2D eigenvalue weighted by molar-refractivity contribution is -0.131. The van der Waals surface area contributed by atoms with Gasteiger partial charge in [-0.2, -0.15) is 0 Å². The van der Waals surface area contributed by atoms with E-state index < -0.39 is 0 Å². The summed E-state index contributed by atoms with van der Waals surface area (Å²) < 4.78 is 2.25. The van der Waals surface area contributed by atoms with Crippen LogP contribution in [0.25, 0.3) is 11.0 Å². The third kappa shape index (κ3) is 3.31. The fourth-order valence-electron chi connectivity index (χ4n) is 3.69. The molecular weight excluding hydrogens is 300 g/mol. The lowest BCUT2D eigenvalue weighted by atomic mass is 10.2. The minimum Gasteiger partial charge on any atom is -0.340 e. The van der Waals surface area contributed by atoms with Crippen LogP contribution in [0.15, 0.2) is 24.3 Å². The van der Waals surface area contributed by atoms with Crippen LogP contribution in [0.1, 0.15) is 51.9 Å². The Morgan fingerprint density at radius 3 is 2.92 bits per heavy atom. The van der Waals surface area contributed by atoms with E-state index in [1.54, 1.807) is 0 Å². The van der Waals surface area contributed by atoms with Gasteiger partial charge in [0.1, 0.15) is 5.82 Å². The molecule has 0 unspecified atom stereocenters. The van der Waals surface area contributed by atoms with Gasteiger partial charge < -0.3 is 14.8 Å². The Labute approximate surface area is 144 Å². The zero-order valence-corrected chi connectivity index (χ0v) is 15.0. The van der Waals surface area contributed by atoms with E-state index in [9.17, 15) is 4.79 Å². The van der Waals surface area contributed by atoms with Crippen LogP contribution in [0.4, 0.5) is 0 Å². The highest BCUT2D eigenvalue weighted by molar-refractivity contribution is 5.77. The fourth-order valence-corrected chi connectivity index (χ4v) is 3.69. The second-order valence-electron chi connectivity index (χ2n) is 6.71. The molecule has 5 nitrogen and oxygen atoms in total. The molecule has 1 fully saturated rings. The maximum atomic E-state index is 12.3. The molecule has 0 bridgehead atoms. The summed E-state index contributed by atoms with van der Waals surface area (Å²) >= 11 is 0. The quantitative estimate of drug-likeness (QED) is 0.886. The van der Waals surface area contributed by atoms with Crippen LogP contribution in [-0.4, -0.2) is 39.5 Å². The second kappa shape index (κ2) is 7.34. The van der Waals surface area contributed by atoms with E-state index in [1.165, 1.54) is 5.52 Å². The van der Waals surface area contributed by atoms with Crippen molar-refractivity contribution in [3.63, 3.8) is 0 Å². The number of imidazole rings is 1. The Morgan fingerprint density at radius 2 is 2.21 bits per heavy atom. The first-order valence-electron chi connectivity index (χ1n) is 9.09. The Bertz CT molecular complexity index is 708. The molecule has 0 aliphatic carbocycles. The fraction of sp³-hybridized carbons (Fsp3) is 0.579. The average Bonchev–Trinajstić information content (AvgIpc) is 3.17. The number of para-hydroxylation sites is 2. The van der Waals surface area contributed by atoms with Gasteiger partial charge in [0, 0.05) is 32.1 Å². The third-order valence-electron chi connectivity index (χ3n) is 5.05. The Balaban J connectivity index is 1.61. The van der Waals surface area contributed by atoms with E-state index in [0.29, 0.717) is 19.0 Å². The number of amides is 1. The summed E-state index contributed by atoms with van der Waals surface area (Å²) in [5.41, 5.74) is 2.20. The number of benzene rings is 1. The predicted molar refractivity (Wildman–Crippen MR) is 96.9 cm³/mol. The first kappa shape index (κ1) is 17.0. The third-order valence-corrected chi connectivity index (χ3v) is 5.05. The average molecular weight is 328 g/mol. The smallest absolute Gasteiger partial charge is 0.224 e. The molecule has 2 heterocycles. The standard InChI is InChI=1S/C19H28N4O/c1-4-22-17-10-6-5-9-16(17)21-19(22)15(3)20-12-11-18(24)23-13-7-8-14(23)2/h5-6,9-10,14-15,20H,4,7-8,11-13H2,1-3H3/t14-,15-/m1/s1. The molecule has 1 N–H and O–H groups in total. The van der Waals surface area contributed by atoms with Crippen molar-refractivity contribution in [2.24, 2.45) is 0 Å². The van der Waals surface area contributed by atoms with Crippen LogP contribution >= 0.6 is 0 Å². The van der Waals surface area contributed by atoms with Gasteiger partial charge in [0.25, 0.3) is 0 Å². The van der Waals surface area contributed by atoms with Crippen LogP contribution in [0, 0.1) is 0 Å². The van der Waals surface area contributed by atoms with Crippen molar-refractivity contribution in [1.29, 1.82) is 0 Å². The number of likely N-dealkylation sites (tertiary alicyclic amines) is 1. The summed E-state index contributed by atoms with van der Waals surface area (Å²) in [5, 5.41) is 3.47. The SMILES string of the molecule is CCn1c([C@@H](C)NCCC(=O)N2CCC[C@H]2C)nc2ccccc21. The lowest BCUT2D eigenvalue weighted by Crippen LogP contribution is -2.36. The van der Waals surface area contributed by atoms with Crippen molar-refractivity contribution in [3.05, 3.63) is 30.1 Å². The predicted octanol–water partition coefficient (Wildman–Crippen LogP) is 3.11. The summed E-state index contributed by atoms with van der Waals surface area (Å²) in [5.74, 6) is 1.31. The normalized spacial score (nSPS) is 19.1. The molecule has 1 aliphatic heterocycles. The zero-order valence-electron chi connectivity index (χ0n) is 15.0. The molecule has 1 aliphatic rings. The largest absolute Gasteiger partial charge is 0.340 e. The molecule has 0 spiro atoms. The minimum absolute atomic E-state index is 0.126. The number of rotatable bonds is 6. The molecular formula is C19H28N4O. The number of hydrogen-bond donors (Lipinski definition) is 1. The maximum Gasteiger partial charge on any atom is 0.224 e. The van der Waals surface area contributed by atoms with Gasteiger partial charge in [0.05, 0.1) is 17.1 Å². The first-order chi connectivity index (χ1) is 11.6. The molecule has 5 heteroatoms. The number of nitrogens with zero attached hydrogens (tertiary/aromatic N) is 3. The number of carbonyl (C=O) groups is 1. The molecule has 1 saturated heterocycles. The maximum absolute atomic E-state index is 12.3. The van der Waals surface area contributed by atoms with E-state index in [2.05, 4.69) is 42.8 Å². The highest BCUT2D eigenvalue weighted by Gasteiger charge is 2.24. The summed E-state index contributed by atoms with van der Waals surface area (Å²) in [6.07, 6.45) is 2.83. The van der Waals surface area contributed by atoms with Crippen molar-refractivity contribution < 1.29 is 4.79 Å². The molecule has 1 amide bonds. The molecule has 3 rings (SSSR count). The molecule has 2 aromatic rings. The van der Waals surface area contributed by atoms with Crippen molar-refractivity contribution in [2.75, 3.05) is 13.1 Å². The summed E-state index contributed by atoms with van der Waals surface area (Å²) in [6, 6.07) is 8.76. The van der Waals surface area contributed by atoms with Gasteiger partial charge in [-0.25, -0.2) is 4.98 Å². The number of aryl methyl sites for hydroxylation is 1. The van der Waals surface area contributed by atoms with Gasteiger partial charge in [0.2, 0.25) is 5.91 Å². The molecule has 0 radical (unpaired) electrons. The van der Waals surface area contributed by atoms with Gasteiger partial charge in [-0.3, -0.25) is 4.79 Å². The molecule has 24 heavy (non-hydrogen) atoms. The first-order valence-corrected chi connectivity index (χ1v) is 9.09. The highest BCUT2D eigenvalue weighted by Crippen LogP contribution is 2.21. The van der Waals surface area contributed by atoms with Crippen molar-refractivity contribution in [2.45, 2.75) is 58.7 Å². The van der Waals surface area contributed by atoms with E-state index in [1.807, 2.05) is 17.0 Å². The molecule has 1 aromatic carbocycles. The van der Waals surface area contributed by atoms with Gasteiger partial charge >= 0.3 is 0 Å². The van der Waals surface area contributed by atoms with E-state index >= 15 is 0 Å². The highest BCUT2D eigenvalue weighted by atomic mass is 16.2. The van der Waals surface area contributed by atoms with Crippen LogP contribution in [-0.2, 0) is 11.3 Å². The van der Waals surface area contributed by atoms with Gasteiger partial charge in [-0.05, 0) is 45.7 Å². The van der Waals surface area contributed by atoms with Crippen molar-refractivity contribution >= 4 is 16.9 Å². The van der Waals surface area contributed by atoms with Crippen LogP contribution in [0.5, 0.6) is 0 Å². The number of hydrogen-bond acceptors (Lipinski definition) is 3. The topological polar surface area (TPSA) is 50.2 Å². The molecule has 130 valence electrons. The van der Waals surface area contributed by atoms with Gasteiger partial charge in [-0.15, -0.1) is 0 Å². The lowest BCUT2D eigenvalue weighted by Gasteiger charge is -2.22. The zero-order chi connectivity index (χ0) is 17.1. The summed E-state index contributed by atoms with van der Waals surface area (Å²) in [4.78, 5) is 19.1. The van der Waals surface area contributed by atoms with Crippen molar-refractivity contribution in [3.8, 4) is 0 Å². The van der Waals surface area contributed by atoms with E-state index in [4.69, 9.17) is 4.98 Å². The molecule has 0 saturated carbocycles. The van der Waals surface area contributed by atoms with Crippen LogP contribution in [0.2, 0.25) is 0 Å². The molecule has 1 aromatic heterocycles. The van der Waals surface area contributed by atoms with Crippen molar-refractivity contribution in [1.82, 2.24) is 19.8 Å². The number of fused-ring (bicyclic) bond motifs is 1. The van der Waals surface area contributed by atoms with E-state index in [-0.39, 0.29) is 11.9 Å². The Morgan fingerprint density at radius 1 is 1.42 bits per heavy atom. The van der Waals surface area contributed by atoms with E-state index in [0.717, 1.165) is 37.3 Å². The summed E-state index contributed by atoms with van der Waals surface area (Å²) in [7, 11) is 0. The number of nitrogens with one attached hydrogen (secondary N) is 1. The number of carbonyl (C=O) groups excluding carboxylic acids is 1. The second-order valence-corrected chi connectivity index (χ2v) is 6.71. The van der Waals surface area contributed by atoms with Crippen LogP contribution in [0.3, 0.4) is 0 Å². The summed E-state index contributed by atoms with van der Waals surface area (Å²) in [6.45, 7) is 8.91. The monoisotopic (exact) mass is 328 g/mol. The number of aromatic nitrogens is 2. The minimum atomic E-state index is 0.126. The Kier molecular flexibility index (Phi) is 5.19. The van der Waals surface area contributed by atoms with Gasteiger partial charge in [0.15, 0.2) is 0 Å². The Hall–Kier alpha value is -1.88. The van der Waals surface area contributed by atoms with Crippen LogP contribution < -0.4 is 5.32 Å². The molecule has 2 atom stereocenters.